The van der Waals surface area contributed by atoms with Crippen LogP contribution in [0.2, 0.25) is 0 Å². The van der Waals surface area contributed by atoms with Crippen molar-refractivity contribution in [2.45, 2.75) is 0 Å². The molecule has 0 aromatic rings. The Morgan fingerprint density at radius 3 is 1.38 bits per heavy atom. The average Bonchev–Trinajstić information content (AvgIpc) is 1.27. The van der Waals surface area contributed by atoms with Crippen molar-refractivity contribution in [3.05, 3.63) is 20.2 Å². The molecule has 42 valence electrons. The van der Waals surface area contributed by atoms with Crippen LogP contribution in [0.25, 0.3) is 0 Å². The molecule has 0 fully saturated rings. The summed E-state index contributed by atoms with van der Waals surface area (Å²) in [7, 11) is 0. The minimum absolute atomic E-state index is 0. The van der Waals surface area contributed by atoms with E-state index in [1.165, 1.54) is 0 Å². The van der Waals surface area contributed by atoms with Gasteiger partial charge in [0.1, 0.15) is 0 Å². The molecule has 0 aliphatic carbocycles. The van der Waals surface area contributed by atoms with Gasteiger partial charge in [0.25, 0.3) is 0 Å². The van der Waals surface area contributed by atoms with E-state index in [-0.39, 0.29) is 18.9 Å². The van der Waals surface area contributed by atoms with E-state index in [1.807, 2.05) is 0 Å². The molecule has 0 saturated carbocycles. The van der Waals surface area contributed by atoms with Crippen LogP contribution in [0.15, 0.2) is 0 Å². The molecule has 0 N–H and O–H groups in total. The molecule has 0 aromatic heterocycles. The van der Waals surface area contributed by atoms with E-state index in [2.05, 4.69) is 4.94 Å². The van der Waals surface area contributed by atoms with Crippen LogP contribution in [0.4, 0.5) is 0 Å². The summed E-state index contributed by atoms with van der Waals surface area (Å²) in [5.74, 6) is 0. The number of hydrogen-bond donors (Lipinski definition) is 0. The maximum atomic E-state index is 8.95. The molecule has 0 saturated heterocycles. The van der Waals surface area contributed by atoms with E-state index in [4.69, 9.17) is 20.2 Å². The molecule has 0 heterocycles. The van der Waals surface area contributed by atoms with E-state index in [0.717, 1.165) is 0 Å². The Morgan fingerprint density at radius 1 is 1.12 bits per heavy atom. The van der Waals surface area contributed by atoms with Gasteiger partial charge in [0.05, 0.1) is 0 Å². The third-order valence-corrected chi connectivity index (χ3v) is 0.133. The second-order valence-corrected chi connectivity index (χ2v) is 0.529. The molecule has 0 aliphatic rings. The first-order chi connectivity index (χ1) is 3.13. The van der Waals surface area contributed by atoms with Gasteiger partial charge in [-0.1, -0.05) is 0 Å². The molecule has 8 heteroatoms. The zero-order valence-corrected chi connectivity index (χ0v) is 2.94. The Labute approximate surface area is 55.0 Å². The number of hydrogen-bond acceptors (Lipinski definition) is 5. The molecule has 0 aromatic carbocycles. The van der Waals surface area contributed by atoms with Gasteiger partial charge in [-0.15, -0.1) is 20.2 Å². The molecule has 7 nitrogen and oxygen atoms in total. The first-order valence-corrected chi connectivity index (χ1v) is 1.10. The standard InChI is InChI=1S/Li.N2O5.H/c;3-1(4)7-2(5)6;. The van der Waals surface area contributed by atoms with Gasteiger partial charge >= 0.3 is 29.0 Å². The summed E-state index contributed by atoms with van der Waals surface area (Å²) < 4.78 is 0. The predicted octanol–water partition coefficient (Wildman–Crippen LogP) is -1.26. The summed E-state index contributed by atoms with van der Waals surface area (Å²) in [5.41, 5.74) is 0. The first kappa shape index (κ1) is 10.2. The van der Waals surface area contributed by atoms with E-state index >= 15 is 0 Å². The Kier molecular flexibility index (Phi) is 5.58. The monoisotopic (exact) mass is 116 g/mol. The zero-order chi connectivity index (χ0) is 5.86. The Hall–Kier alpha value is -0.803. The fourth-order valence-electron chi connectivity index (χ4n) is 0.0544. The molecular weight excluding hydrogens is 115 g/mol. The number of rotatable bonds is 2. The van der Waals surface area contributed by atoms with Crippen LogP contribution in [0.1, 0.15) is 0 Å². The molecule has 0 atom stereocenters. The van der Waals surface area contributed by atoms with E-state index < -0.39 is 10.2 Å². The molecule has 0 unspecified atom stereocenters. The van der Waals surface area contributed by atoms with Gasteiger partial charge in [-0.2, -0.15) is 0 Å². The summed E-state index contributed by atoms with van der Waals surface area (Å²) >= 11 is 0. The van der Waals surface area contributed by atoms with Crippen molar-refractivity contribution >= 4 is 18.9 Å². The zero-order valence-electron chi connectivity index (χ0n) is 2.94. The van der Waals surface area contributed by atoms with Gasteiger partial charge < -0.3 is 0 Å². The summed E-state index contributed by atoms with van der Waals surface area (Å²) in [5, 5.41) is 14.9. The van der Waals surface area contributed by atoms with Crippen molar-refractivity contribution in [3.63, 3.8) is 0 Å². The minimum atomic E-state index is -1.50. The molecule has 0 radical (unpaired) electrons. The molecule has 8 heavy (non-hydrogen) atoms. The Balaban J connectivity index is 0. The Bertz CT molecular complexity index is 86.6. The summed E-state index contributed by atoms with van der Waals surface area (Å²) in [6.07, 6.45) is 0. The van der Waals surface area contributed by atoms with Crippen molar-refractivity contribution in [3.8, 4) is 0 Å². The van der Waals surface area contributed by atoms with Crippen molar-refractivity contribution in [2.24, 2.45) is 0 Å². The van der Waals surface area contributed by atoms with Gasteiger partial charge in [0.2, 0.25) is 0 Å². The van der Waals surface area contributed by atoms with Crippen molar-refractivity contribution in [2.75, 3.05) is 0 Å². The van der Waals surface area contributed by atoms with Crippen LogP contribution in [0.3, 0.4) is 0 Å². The molecule has 0 bridgehead atoms. The van der Waals surface area contributed by atoms with Crippen molar-refractivity contribution in [1.29, 1.82) is 0 Å². The van der Waals surface area contributed by atoms with Crippen LogP contribution in [0.5, 0.6) is 0 Å². The first-order valence-electron chi connectivity index (χ1n) is 1.10. The SMILES string of the molecule is O=[N+]([O-])O[N+](=O)[O-].[LiH]. The molecule has 0 amide bonds. The van der Waals surface area contributed by atoms with Crippen LogP contribution in [-0.2, 0) is 4.94 Å². The van der Waals surface area contributed by atoms with Gasteiger partial charge in [-0.25, -0.2) is 0 Å². The molecule has 0 aliphatic heterocycles. The molecule has 0 spiro atoms. The second kappa shape index (κ2) is 4.36. The predicted molar refractivity (Wildman–Crippen MR) is 22.2 cm³/mol. The quantitative estimate of drug-likeness (QED) is 0.255. The molecular formula is HLiN2O5. The van der Waals surface area contributed by atoms with Gasteiger partial charge in [0.15, 0.2) is 0 Å². The maximum absolute atomic E-state index is 8.95. The summed E-state index contributed by atoms with van der Waals surface area (Å²) in [6.45, 7) is 0. The third kappa shape index (κ3) is 8.96. The third-order valence-electron chi connectivity index (χ3n) is 0.133. The fraction of sp³-hybridized carbons (Fsp3) is 0. The fourth-order valence-corrected chi connectivity index (χ4v) is 0.0544. The van der Waals surface area contributed by atoms with Crippen molar-refractivity contribution in [1.82, 2.24) is 0 Å². The number of nitrogens with zero attached hydrogens (tertiary/aromatic N) is 2. The normalized spacial score (nSPS) is 6.50. The van der Waals surface area contributed by atoms with Crippen molar-refractivity contribution < 1.29 is 15.1 Å². The van der Waals surface area contributed by atoms with Crippen LogP contribution in [-0.4, -0.2) is 29.0 Å². The van der Waals surface area contributed by atoms with Crippen LogP contribution >= 0.6 is 0 Å². The second-order valence-electron chi connectivity index (χ2n) is 0.529. The Morgan fingerprint density at radius 2 is 1.38 bits per heavy atom. The van der Waals surface area contributed by atoms with E-state index in [9.17, 15) is 0 Å². The van der Waals surface area contributed by atoms with Crippen LogP contribution < -0.4 is 0 Å². The van der Waals surface area contributed by atoms with Gasteiger partial charge in [-0.3, -0.25) is 0 Å². The van der Waals surface area contributed by atoms with E-state index in [0.29, 0.717) is 0 Å². The summed E-state index contributed by atoms with van der Waals surface area (Å²) in [6, 6.07) is 0. The average molecular weight is 116 g/mol. The molecule has 0 rings (SSSR count). The van der Waals surface area contributed by atoms with Crippen LogP contribution in [0, 0.1) is 20.2 Å². The van der Waals surface area contributed by atoms with E-state index in [1.54, 1.807) is 0 Å². The van der Waals surface area contributed by atoms with Gasteiger partial charge in [-0.05, 0) is 0 Å². The summed E-state index contributed by atoms with van der Waals surface area (Å²) in [4.78, 5) is 20.6. The van der Waals surface area contributed by atoms with Gasteiger partial charge in [0, 0.05) is 4.94 Å². The topological polar surface area (TPSA) is 95.5 Å².